The molecule has 0 radical (unpaired) electrons. The van der Waals surface area contributed by atoms with Gasteiger partial charge in [-0.1, -0.05) is 38.2 Å². The largest absolute Gasteiger partial charge is 0.306 e. The highest BCUT2D eigenvalue weighted by Crippen LogP contribution is 3.02. The molecule has 13 heavy (non-hydrogen) atoms. The lowest BCUT2D eigenvalue weighted by Crippen LogP contribution is -2.07. The van der Waals surface area contributed by atoms with Crippen molar-refractivity contribution in [1.82, 2.24) is 0 Å². The van der Waals surface area contributed by atoms with E-state index in [0.29, 0.717) is 0 Å². The Morgan fingerprint density at radius 2 is 1.69 bits per heavy atom. The molecule has 0 aliphatic heterocycles. The van der Waals surface area contributed by atoms with Gasteiger partial charge in [0.15, 0.2) is 0 Å². The maximum atomic E-state index is 11.9. The van der Waals surface area contributed by atoms with E-state index in [9.17, 15) is 19.4 Å². The lowest BCUT2D eigenvalue weighted by molar-refractivity contribution is 0.376. The molecular formula is C7H11F5S. The Hall–Kier alpha value is -0.520. The van der Waals surface area contributed by atoms with E-state index in [2.05, 4.69) is 6.58 Å². The summed E-state index contributed by atoms with van der Waals surface area (Å²) in [4.78, 5) is -1.90. The van der Waals surface area contributed by atoms with Gasteiger partial charge >= 0.3 is 10.2 Å². The van der Waals surface area contributed by atoms with Crippen molar-refractivity contribution in [3.8, 4) is 0 Å². The van der Waals surface area contributed by atoms with E-state index >= 15 is 0 Å². The van der Waals surface area contributed by atoms with Gasteiger partial charge in [-0.3, -0.25) is 0 Å². The van der Waals surface area contributed by atoms with Gasteiger partial charge in [-0.15, -0.1) is 0 Å². The van der Waals surface area contributed by atoms with Crippen LogP contribution in [0.5, 0.6) is 0 Å². The first kappa shape index (κ1) is 12.5. The quantitative estimate of drug-likeness (QED) is 0.455. The van der Waals surface area contributed by atoms with Crippen molar-refractivity contribution in [3.05, 3.63) is 23.6 Å². The van der Waals surface area contributed by atoms with Gasteiger partial charge in [0.2, 0.25) is 0 Å². The summed E-state index contributed by atoms with van der Waals surface area (Å²) < 4.78 is 59.6. The molecule has 0 rings (SSSR count). The molecule has 0 saturated heterocycles. The Morgan fingerprint density at radius 3 is 2.00 bits per heavy atom. The molecule has 0 unspecified atom stereocenters. The van der Waals surface area contributed by atoms with Crippen molar-refractivity contribution < 1.29 is 19.4 Å². The molecule has 80 valence electrons. The van der Waals surface area contributed by atoms with E-state index in [1.807, 2.05) is 0 Å². The minimum atomic E-state index is -9.43. The summed E-state index contributed by atoms with van der Waals surface area (Å²) in [5.41, 5.74) is 0. The van der Waals surface area contributed by atoms with Gasteiger partial charge in [0.05, 0.1) is 4.91 Å². The average molecular weight is 222 g/mol. The van der Waals surface area contributed by atoms with Crippen molar-refractivity contribution >= 4 is 10.2 Å². The molecule has 0 aliphatic rings. The van der Waals surface area contributed by atoms with Gasteiger partial charge in [-0.2, -0.15) is 0 Å². The second-order valence-corrected chi connectivity index (χ2v) is 5.13. The minimum Gasteiger partial charge on any atom is -0.0939 e. The molecule has 0 N–H and O–H groups in total. The summed E-state index contributed by atoms with van der Waals surface area (Å²) >= 11 is 0. The van der Waals surface area contributed by atoms with Gasteiger partial charge in [-0.25, -0.2) is 0 Å². The zero-order valence-corrected chi connectivity index (χ0v) is 7.89. The lowest BCUT2D eigenvalue weighted by Gasteiger charge is -2.42. The fraction of sp³-hybridized carbons (Fsp3) is 0.429. The summed E-state index contributed by atoms with van der Waals surface area (Å²) in [5.74, 6) is 0. The van der Waals surface area contributed by atoms with Crippen molar-refractivity contribution in [2.24, 2.45) is 0 Å². The molecule has 0 nitrogen and oxygen atoms in total. The van der Waals surface area contributed by atoms with E-state index in [0.717, 1.165) is 0 Å². The van der Waals surface area contributed by atoms with Crippen molar-refractivity contribution in [1.29, 1.82) is 0 Å². The van der Waals surface area contributed by atoms with Crippen LogP contribution in [0.1, 0.15) is 19.8 Å². The van der Waals surface area contributed by atoms with Gasteiger partial charge < -0.3 is 0 Å². The lowest BCUT2D eigenvalue weighted by atomic mass is 10.3. The van der Waals surface area contributed by atoms with Gasteiger partial charge in [0.25, 0.3) is 0 Å². The third-order valence-electron chi connectivity index (χ3n) is 1.37. The summed E-state index contributed by atoms with van der Waals surface area (Å²) in [6.07, 6.45) is 2.07. The molecule has 0 aromatic carbocycles. The van der Waals surface area contributed by atoms with E-state index < -0.39 is 21.5 Å². The molecule has 6 heteroatoms. The van der Waals surface area contributed by atoms with Crippen LogP contribution in [0.2, 0.25) is 0 Å². The van der Waals surface area contributed by atoms with Crippen molar-refractivity contribution in [3.63, 3.8) is 0 Å². The number of halogens is 5. The number of allylic oxidation sites excluding steroid dienone is 3. The van der Waals surface area contributed by atoms with Crippen LogP contribution in [0, 0.1) is 0 Å². The predicted molar refractivity (Wildman–Crippen MR) is 46.3 cm³/mol. The summed E-state index contributed by atoms with van der Waals surface area (Å²) in [6.45, 7) is 3.98. The van der Waals surface area contributed by atoms with Gasteiger partial charge in [0.1, 0.15) is 0 Å². The zero-order chi connectivity index (χ0) is 10.8. The molecule has 0 bridgehead atoms. The predicted octanol–water partition coefficient (Wildman–Crippen LogP) is 5.15. The van der Waals surface area contributed by atoms with Gasteiger partial charge in [-0.05, 0) is 19.8 Å². The molecule has 0 aromatic rings. The fourth-order valence-electron chi connectivity index (χ4n) is 0.604. The molecule has 0 amide bonds. The maximum absolute atomic E-state index is 11.9. The third-order valence-corrected chi connectivity index (χ3v) is 2.67. The van der Waals surface area contributed by atoms with Crippen LogP contribution in [0.4, 0.5) is 19.4 Å². The smallest absolute Gasteiger partial charge is 0.0939 e. The first-order chi connectivity index (χ1) is 5.47. The number of rotatable bonds is 4. The molecule has 0 aromatic heterocycles. The van der Waals surface area contributed by atoms with E-state index in [-0.39, 0.29) is 6.42 Å². The summed E-state index contributed by atoms with van der Waals surface area (Å²) in [7, 11) is -9.43. The third kappa shape index (κ3) is 4.92. The van der Waals surface area contributed by atoms with Crippen LogP contribution >= 0.6 is 10.2 Å². The Morgan fingerprint density at radius 1 is 1.23 bits per heavy atom. The Labute approximate surface area is 73.9 Å². The second kappa shape index (κ2) is 2.73. The molecule has 0 fully saturated rings. The first-order valence-electron chi connectivity index (χ1n) is 3.50. The minimum absolute atomic E-state index is 0.0685. The SMILES string of the molecule is C=C(CC/C=C\C)S(F)(F)(F)(F)F. The zero-order valence-electron chi connectivity index (χ0n) is 7.07. The first-order valence-corrected chi connectivity index (χ1v) is 5.45. The second-order valence-electron chi connectivity index (χ2n) is 2.62. The van der Waals surface area contributed by atoms with Crippen LogP contribution in [0.3, 0.4) is 0 Å². The number of hydrogen-bond acceptors (Lipinski definition) is 0. The van der Waals surface area contributed by atoms with Gasteiger partial charge in [0, 0.05) is 0 Å². The standard InChI is InChI=1S/C7H11F5S/c1-3-4-5-6-7(2)13(8,9,10,11)12/h3-4H,2,5-6H2,1H3/b4-3-. The molecular weight excluding hydrogens is 211 g/mol. The molecule has 0 aliphatic carbocycles. The highest BCUT2D eigenvalue weighted by molar-refractivity contribution is 8.48. The van der Waals surface area contributed by atoms with Crippen LogP contribution in [-0.4, -0.2) is 0 Å². The number of hydrogen-bond donors (Lipinski definition) is 0. The average Bonchev–Trinajstić information content (AvgIpc) is 1.83. The Balaban J connectivity index is 4.47. The Kier molecular flexibility index (Phi) is 2.62. The van der Waals surface area contributed by atoms with E-state index in [1.165, 1.54) is 12.2 Å². The highest BCUT2D eigenvalue weighted by Gasteiger charge is 2.65. The Bertz CT molecular complexity index is 233. The highest BCUT2D eigenvalue weighted by atomic mass is 32.5. The van der Waals surface area contributed by atoms with Crippen molar-refractivity contribution in [2.45, 2.75) is 19.8 Å². The maximum Gasteiger partial charge on any atom is 0.306 e. The van der Waals surface area contributed by atoms with Crippen LogP contribution in [0.25, 0.3) is 0 Å². The monoisotopic (exact) mass is 222 g/mol. The summed E-state index contributed by atoms with van der Waals surface area (Å²) in [5, 5.41) is 0. The van der Waals surface area contributed by atoms with Crippen LogP contribution in [0.15, 0.2) is 23.6 Å². The fourth-order valence-corrected chi connectivity index (χ4v) is 1.11. The summed E-state index contributed by atoms with van der Waals surface area (Å²) in [6, 6.07) is 0. The van der Waals surface area contributed by atoms with Crippen LogP contribution in [-0.2, 0) is 0 Å². The van der Waals surface area contributed by atoms with E-state index in [1.54, 1.807) is 6.92 Å². The van der Waals surface area contributed by atoms with Crippen molar-refractivity contribution in [2.75, 3.05) is 0 Å². The topological polar surface area (TPSA) is 0 Å². The van der Waals surface area contributed by atoms with E-state index in [4.69, 9.17) is 0 Å². The molecule has 0 spiro atoms. The molecule has 0 saturated carbocycles. The molecule has 0 heterocycles. The van der Waals surface area contributed by atoms with Crippen LogP contribution < -0.4 is 0 Å². The molecule has 0 atom stereocenters. The normalized spacial score (nSPS) is 18.3.